The number of nitrogens with zero attached hydrogens (tertiary/aromatic N) is 4. The summed E-state index contributed by atoms with van der Waals surface area (Å²) >= 11 is 0. The topological polar surface area (TPSA) is 58.6 Å². The lowest BCUT2D eigenvalue weighted by atomic mass is 10.1. The Morgan fingerprint density at radius 3 is 2.84 bits per heavy atom. The molecule has 3 heterocycles. The highest BCUT2D eigenvalue weighted by Gasteiger charge is 2.31. The van der Waals surface area contributed by atoms with Crippen LogP contribution in [0.15, 0.2) is 24.5 Å². The van der Waals surface area contributed by atoms with E-state index in [1.165, 1.54) is 24.9 Å². The SMILES string of the molecule is O=C(C1CN(c2ncnc3ccc(F)cc23)CCO1)N1CCCCC1. The molecule has 0 saturated carbocycles. The molecule has 4 rings (SSSR count). The Hall–Kier alpha value is -2.28. The van der Waals surface area contributed by atoms with Crippen molar-refractivity contribution < 1.29 is 13.9 Å². The number of likely N-dealkylation sites (tertiary alicyclic amines) is 1. The molecule has 2 aromatic rings. The highest BCUT2D eigenvalue weighted by atomic mass is 19.1. The molecule has 1 aromatic carbocycles. The Balaban J connectivity index is 1.57. The molecule has 0 spiro atoms. The molecule has 1 aromatic heterocycles. The minimum Gasteiger partial charge on any atom is -0.365 e. The summed E-state index contributed by atoms with van der Waals surface area (Å²) in [5.74, 6) is 0.385. The number of benzene rings is 1. The molecule has 0 bridgehead atoms. The van der Waals surface area contributed by atoms with Crippen LogP contribution in [0.5, 0.6) is 0 Å². The van der Waals surface area contributed by atoms with Crippen LogP contribution in [-0.2, 0) is 9.53 Å². The van der Waals surface area contributed by atoms with Crippen molar-refractivity contribution in [1.29, 1.82) is 0 Å². The summed E-state index contributed by atoms with van der Waals surface area (Å²) in [4.78, 5) is 25.2. The Labute approximate surface area is 145 Å². The van der Waals surface area contributed by atoms with Gasteiger partial charge in [0.15, 0.2) is 6.10 Å². The maximum Gasteiger partial charge on any atom is 0.253 e. The Morgan fingerprint density at radius 1 is 1.16 bits per heavy atom. The van der Waals surface area contributed by atoms with Crippen molar-refractivity contribution >= 4 is 22.6 Å². The van der Waals surface area contributed by atoms with Crippen molar-refractivity contribution in [2.45, 2.75) is 25.4 Å². The van der Waals surface area contributed by atoms with Gasteiger partial charge in [-0.1, -0.05) is 0 Å². The van der Waals surface area contributed by atoms with Gasteiger partial charge in [-0.05, 0) is 37.5 Å². The van der Waals surface area contributed by atoms with Crippen molar-refractivity contribution in [2.75, 3.05) is 37.7 Å². The highest BCUT2D eigenvalue weighted by molar-refractivity contribution is 5.90. The highest BCUT2D eigenvalue weighted by Crippen LogP contribution is 2.26. The number of anilines is 1. The zero-order valence-electron chi connectivity index (χ0n) is 14.0. The average Bonchev–Trinajstić information content (AvgIpc) is 2.67. The van der Waals surface area contributed by atoms with Crippen LogP contribution in [0, 0.1) is 5.82 Å². The number of ether oxygens (including phenoxy) is 1. The van der Waals surface area contributed by atoms with E-state index in [1.54, 1.807) is 6.07 Å². The van der Waals surface area contributed by atoms with Crippen molar-refractivity contribution in [1.82, 2.24) is 14.9 Å². The molecule has 2 aliphatic rings. The molecule has 2 saturated heterocycles. The van der Waals surface area contributed by atoms with Crippen LogP contribution in [0.1, 0.15) is 19.3 Å². The van der Waals surface area contributed by atoms with E-state index in [9.17, 15) is 9.18 Å². The number of carbonyl (C=O) groups excluding carboxylic acids is 1. The lowest BCUT2D eigenvalue weighted by Crippen LogP contribution is -2.52. The van der Waals surface area contributed by atoms with Crippen LogP contribution in [0.3, 0.4) is 0 Å². The zero-order valence-corrected chi connectivity index (χ0v) is 14.0. The van der Waals surface area contributed by atoms with Gasteiger partial charge in [0.05, 0.1) is 18.7 Å². The zero-order chi connectivity index (χ0) is 17.2. The van der Waals surface area contributed by atoms with E-state index in [0.29, 0.717) is 36.4 Å². The molecule has 1 atom stereocenters. The minimum absolute atomic E-state index is 0.0499. The first-order valence-corrected chi connectivity index (χ1v) is 8.78. The summed E-state index contributed by atoms with van der Waals surface area (Å²) in [7, 11) is 0. The number of piperidine rings is 1. The average molecular weight is 344 g/mol. The van der Waals surface area contributed by atoms with Gasteiger partial charge in [0.2, 0.25) is 0 Å². The fourth-order valence-electron chi connectivity index (χ4n) is 3.58. The summed E-state index contributed by atoms with van der Waals surface area (Å²) < 4.78 is 19.4. The molecule has 6 nitrogen and oxygen atoms in total. The fourth-order valence-corrected chi connectivity index (χ4v) is 3.58. The molecule has 1 amide bonds. The standard InChI is InChI=1S/C18H21FN4O2/c19-13-4-5-15-14(10-13)17(21-12-20-15)23-8-9-25-16(11-23)18(24)22-6-2-1-3-7-22/h4-5,10,12,16H,1-3,6-9,11H2. The van der Waals surface area contributed by atoms with Gasteiger partial charge in [0.1, 0.15) is 18.0 Å². The largest absolute Gasteiger partial charge is 0.365 e. The van der Waals surface area contributed by atoms with Crippen LogP contribution in [0.4, 0.5) is 10.2 Å². The van der Waals surface area contributed by atoms with Gasteiger partial charge in [-0.3, -0.25) is 4.79 Å². The number of aromatic nitrogens is 2. The maximum absolute atomic E-state index is 13.7. The van der Waals surface area contributed by atoms with Crippen molar-refractivity contribution in [3.05, 3.63) is 30.3 Å². The number of hydrogen-bond donors (Lipinski definition) is 0. The summed E-state index contributed by atoms with van der Waals surface area (Å²) in [5.41, 5.74) is 0.691. The number of amides is 1. The predicted octanol–water partition coefficient (Wildman–Crippen LogP) is 1.99. The second-order valence-electron chi connectivity index (χ2n) is 6.55. The molecule has 132 valence electrons. The quantitative estimate of drug-likeness (QED) is 0.834. The third kappa shape index (κ3) is 3.28. The third-order valence-electron chi connectivity index (χ3n) is 4.89. The molecule has 0 N–H and O–H groups in total. The van der Waals surface area contributed by atoms with Gasteiger partial charge in [0.25, 0.3) is 5.91 Å². The summed E-state index contributed by atoms with van der Waals surface area (Å²) in [6.45, 7) is 3.11. The minimum atomic E-state index is -0.495. The summed E-state index contributed by atoms with van der Waals surface area (Å²) in [6, 6.07) is 4.48. The molecule has 2 aliphatic heterocycles. The van der Waals surface area contributed by atoms with E-state index >= 15 is 0 Å². The lowest BCUT2D eigenvalue weighted by molar-refractivity contribution is -0.145. The van der Waals surface area contributed by atoms with E-state index in [1.807, 2.05) is 9.80 Å². The van der Waals surface area contributed by atoms with Crippen LogP contribution in [0.25, 0.3) is 10.9 Å². The first kappa shape index (κ1) is 16.2. The molecule has 2 fully saturated rings. The van der Waals surface area contributed by atoms with Crippen LogP contribution >= 0.6 is 0 Å². The normalized spacial score (nSPS) is 21.6. The number of rotatable bonds is 2. The molecule has 1 unspecified atom stereocenters. The molecule has 25 heavy (non-hydrogen) atoms. The van der Waals surface area contributed by atoms with Gasteiger partial charge >= 0.3 is 0 Å². The number of hydrogen-bond acceptors (Lipinski definition) is 5. The van der Waals surface area contributed by atoms with E-state index in [-0.39, 0.29) is 11.7 Å². The molecular formula is C18H21FN4O2. The molecular weight excluding hydrogens is 323 g/mol. The molecule has 7 heteroatoms. The Morgan fingerprint density at radius 2 is 2.00 bits per heavy atom. The van der Waals surface area contributed by atoms with Crippen LogP contribution in [-0.4, -0.2) is 59.7 Å². The van der Waals surface area contributed by atoms with Gasteiger partial charge < -0.3 is 14.5 Å². The van der Waals surface area contributed by atoms with Crippen LogP contribution in [0.2, 0.25) is 0 Å². The predicted molar refractivity (Wildman–Crippen MR) is 91.9 cm³/mol. The maximum atomic E-state index is 13.7. The third-order valence-corrected chi connectivity index (χ3v) is 4.89. The van der Waals surface area contributed by atoms with E-state index in [0.717, 1.165) is 25.9 Å². The van der Waals surface area contributed by atoms with Gasteiger partial charge in [-0.25, -0.2) is 14.4 Å². The van der Waals surface area contributed by atoms with Crippen molar-refractivity contribution in [2.24, 2.45) is 0 Å². The Kier molecular flexibility index (Phi) is 4.48. The summed E-state index contributed by atoms with van der Waals surface area (Å²) in [6.07, 6.45) is 4.27. The second-order valence-corrected chi connectivity index (χ2v) is 6.55. The number of morpholine rings is 1. The molecule has 0 radical (unpaired) electrons. The van der Waals surface area contributed by atoms with E-state index in [4.69, 9.17) is 4.74 Å². The molecule has 0 aliphatic carbocycles. The van der Waals surface area contributed by atoms with Crippen molar-refractivity contribution in [3.63, 3.8) is 0 Å². The Bertz CT molecular complexity index is 779. The van der Waals surface area contributed by atoms with Crippen LogP contribution < -0.4 is 4.90 Å². The lowest BCUT2D eigenvalue weighted by Gasteiger charge is -2.36. The summed E-state index contributed by atoms with van der Waals surface area (Å²) in [5, 5.41) is 0.661. The van der Waals surface area contributed by atoms with Gasteiger partial charge in [-0.2, -0.15) is 0 Å². The van der Waals surface area contributed by atoms with Gasteiger partial charge in [0, 0.05) is 25.0 Å². The van der Waals surface area contributed by atoms with Gasteiger partial charge in [-0.15, -0.1) is 0 Å². The first-order chi connectivity index (χ1) is 12.2. The fraction of sp³-hybridized carbons (Fsp3) is 0.500. The monoisotopic (exact) mass is 344 g/mol. The number of carbonyl (C=O) groups is 1. The number of halogens is 1. The van der Waals surface area contributed by atoms with Crippen molar-refractivity contribution in [3.8, 4) is 0 Å². The second kappa shape index (κ2) is 6.92. The van der Waals surface area contributed by atoms with E-state index < -0.39 is 6.10 Å². The smallest absolute Gasteiger partial charge is 0.253 e. The number of fused-ring (bicyclic) bond motifs is 1. The first-order valence-electron chi connectivity index (χ1n) is 8.78. The van der Waals surface area contributed by atoms with E-state index in [2.05, 4.69) is 9.97 Å².